The van der Waals surface area contributed by atoms with Crippen LogP contribution in [0.25, 0.3) is 35.5 Å². The van der Waals surface area contributed by atoms with Gasteiger partial charge in [-0.25, -0.2) is 0 Å². The first-order valence-corrected chi connectivity index (χ1v) is 15.0. The van der Waals surface area contributed by atoms with Crippen molar-refractivity contribution in [1.29, 1.82) is 0 Å². The van der Waals surface area contributed by atoms with E-state index in [4.69, 9.17) is 0 Å². The van der Waals surface area contributed by atoms with E-state index in [1.807, 2.05) is 72.8 Å². The summed E-state index contributed by atoms with van der Waals surface area (Å²) in [6.07, 6.45) is 13.8. The zero-order valence-electron chi connectivity index (χ0n) is 23.1. The van der Waals surface area contributed by atoms with Gasteiger partial charge >= 0.3 is 17.8 Å². The fourth-order valence-electron chi connectivity index (χ4n) is 4.87. The van der Waals surface area contributed by atoms with Crippen LogP contribution in [0.15, 0.2) is 97.1 Å². The first-order valence-electron chi connectivity index (χ1n) is 13.3. The van der Waals surface area contributed by atoms with Crippen LogP contribution in [0.4, 0.5) is 26.3 Å². The molecule has 43 heavy (non-hydrogen) atoms. The van der Waals surface area contributed by atoms with Crippen LogP contribution in [0.1, 0.15) is 41.8 Å². The number of rotatable bonds is 8. The number of alkyl halides is 6. The summed E-state index contributed by atoms with van der Waals surface area (Å²) in [4.78, 5) is 1.43. The molecule has 8 heteroatoms. The zero-order valence-corrected chi connectivity index (χ0v) is 24.8. The van der Waals surface area contributed by atoms with E-state index < -0.39 is 28.9 Å². The van der Waals surface area contributed by atoms with Crippen molar-refractivity contribution in [3.05, 3.63) is 139 Å². The fourth-order valence-corrected chi connectivity index (χ4v) is 6.76. The molecule has 0 radical (unpaired) electrons. The van der Waals surface area contributed by atoms with Crippen LogP contribution < -0.4 is 0 Å². The molecule has 220 valence electrons. The molecule has 0 fully saturated rings. The summed E-state index contributed by atoms with van der Waals surface area (Å²) in [6.45, 7) is 2.94. The molecule has 0 saturated heterocycles. The Bertz CT molecular complexity index is 1620. The van der Waals surface area contributed by atoms with Gasteiger partial charge in [-0.15, -0.1) is 22.7 Å². The van der Waals surface area contributed by atoms with Gasteiger partial charge in [0, 0.05) is 30.7 Å². The van der Waals surface area contributed by atoms with Gasteiger partial charge in [0.25, 0.3) is 0 Å². The minimum Gasteiger partial charge on any atom is -0.194 e. The molecule has 4 aromatic rings. The lowest BCUT2D eigenvalue weighted by Crippen LogP contribution is -2.48. The lowest BCUT2D eigenvalue weighted by atomic mass is 9.95. The average Bonchev–Trinajstić information content (AvgIpc) is 3.55. The lowest BCUT2D eigenvalue weighted by Gasteiger charge is -2.25. The third-order valence-corrected chi connectivity index (χ3v) is 9.03. The zero-order chi connectivity index (χ0) is 30.8. The third-order valence-electron chi connectivity index (χ3n) is 7.00. The van der Waals surface area contributed by atoms with Crippen LogP contribution in [0.2, 0.25) is 0 Å². The van der Waals surface area contributed by atoms with Crippen LogP contribution >= 0.6 is 22.7 Å². The van der Waals surface area contributed by atoms with E-state index in [9.17, 15) is 8.78 Å². The molecule has 5 rings (SSSR count). The van der Waals surface area contributed by atoms with Gasteiger partial charge < -0.3 is 0 Å². The number of benzene rings is 2. The smallest absolute Gasteiger partial charge is 0.194 e. The van der Waals surface area contributed by atoms with Crippen molar-refractivity contribution >= 4 is 58.1 Å². The standard InChI is InChI=1S/C35H26F6S2/c1-23-29(21-27(42-23)19-11-9-17-25-13-5-3-6-14-25)31-32(34(38,39)35(40,41)33(31,36)37)30-22-28(43-24(30)2)20-12-10-18-26-15-7-4-8-16-26/h3-22H,1-2H3/b17-9+,18-10+,19-11+,20-12+. The number of hydrogen-bond acceptors (Lipinski definition) is 2. The van der Waals surface area contributed by atoms with Crippen LogP contribution in [0, 0.1) is 13.8 Å². The van der Waals surface area contributed by atoms with E-state index in [1.165, 1.54) is 26.0 Å². The summed E-state index contributed by atoms with van der Waals surface area (Å²) in [5.41, 5.74) is -1.35. The molecule has 2 heterocycles. The Morgan fingerprint density at radius 1 is 0.512 bits per heavy atom. The minimum atomic E-state index is -5.60. The van der Waals surface area contributed by atoms with Gasteiger partial charge in [-0.05, 0) is 60.4 Å². The summed E-state index contributed by atoms with van der Waals surface area (Å²) in [5.74, 6) is -15.8. The summed E-state index contributed by atoms with van der Waals surface area (Å²) in [5, 5.41) is 0. The SMILES string of the molecule is Cc1sc(/C=C/C=C/c2ccccc2)cc1C1=C(c2cc(/C=C/C=C/c3ccccc3)sc2C)C(F)(F)C(F)(F)C1(F)F. The summed E-state index contributed by atoms with van der Waals surface area (Å²) >= 11 is 2.15. The maximum Gasteiger partial charge on any atom is 0.380 e. The maximum absolute atomic E-state index is 15.4. The molecule has 0 nitrogen and oxygen atoms in total. The summed E-state index contributed by atoms with van der Waals surface area (Å²) in [6, 6.07) is 21.5. The first kappa shape index (κ1) is 30.6. The largest absolute Gasteiger partial charge is 0.380 e. The monoisotopic (exact) mass is 624 g/mol. The molecule has 0 spiro atoms. The number of aryl methyl sites for hydroxylation is 2. The van der Waals surface area contributed by atoms with Crippen LogP contribution in [-0.4, -0.2) is 17.8 Å². The second kappa shape index (κ2) is 12.0. The third kappa shape index (κ3) is 5.86. The molecule has 0 unspecified atom stereocenters. The highest BCUT2D eigenvalue weighted by molar-refractivity contribution is 7.13. The van der Waals surface area contributed by atoms with Gasteiger partial charge in [0.05, 0.1) is 0 Å². The summed E-state index contributed by atoms with van der Waals surface area (Å²) in [7, 11) is 0. The van der Waals surface area contributed by atoms with Crippen molar-refractivity contribution in [3.63, 3.8) is 0 Å². The van der Waals surface area contributed by atoms with Gasteiger partial charge in [-0.1, -0.05) is 97.1 Å². The molecule has 0 N–H and O–H groups in total. The molecule has 0 saturated carbocycles. The lowest BCUT2D eigenvalue weighted by molar-refractivity contribution is -0.254. The Morgan fingerprint density at radius 2 is 0.860 bits per heavy atom. The Balaban J connectivity index is 1.53. The second-order valence-corrected chi connectivity index (χ2v) is 12.5. The van der Waals surface area contributed by atoms with Crippen LogP contribution in [0.3, 0.4) is 0 Å². The Morgan fingerprint density at radius 3 is 1.23 bits per heavy atom. The molecule has 1 aliphatic carbocycles. The molecule has 0 aliphatic heterocycles. The van der Waals surface area contributed by atoms with Crippen molar-refractivity contribution in [2.75, 3.05) is 0 Å². The highest BCUT2D eigenvalue weighted by Gasteiger charge is 2.80. The predicted molar refractivity (Wildman–Crippen MR) is 169 cm³/mol. The summed E-state index contributed by atoms with van der Waals surface area (Å²) < 4.78 is 91.4. The number of halogens is 6. The number of hydrogen-bond donors (Lipinski definition) is 0. The van der Waals surface area contributed by atoms with E-state index in [0.717, 1.165) is 33.8 Å². The van der Waals surface area contributed by atoms with Crippen molar-refractivity contribution in [1.82, 2.24) is 0 Å². The molecule has 0 amide bonds. The van der Waals surface area contributed by atoms with Crippen molar-refractivity contribution in [3.8, 4) is 0 Å². The highest BCUT2D eigenvalue weighted by atomic mass is 32.1. The highest BCUT2D eigenvalue weighted by Crippen LogP contribution is 2.65. The second-order valence-electron chi connectivity index (χ2n) is 9.97. The van der Waals surface area contributed by atoms with Crippen molar-refractivity contribution in [2.24, 2.45) is 0 Å². The first-order chi connectivity index (χ1) is 20.4. The minimum absolute atomic E-state index is 0.242. The molecular formula is C35H26F6S2. The quantitative estimate of drug-likeness (QED) is 0.135. The van der Waals surface area contributed by atoms with Gasteiger partial charge in [-0.3, -0.25) is 0 Å². The van der Waals surface area contributed by atoms with E-state index >= 15 is 17.6 Å². The molecule has 2 aromatic heterocycles. The molecular weight excluding hydrogens is 599 g/mol. The van der Waals surface area contributed by atoms with Crippen molar-refractivity contribution in [2.45, 2.75) is 31.6 Å². The predicted octanol–water partition coefficient (Wildman–Crippen LogP) is 11.7. The van der Waals surface area contributed by atoms with Gasteiger partial charge in [0.1, 0.15) is 0 Å². The van der Waals surface area contributed by atoms with Crippen LogP contribution in [-0.2, 0) is 0 Å². The Hall–Kier alpha value is -3.88. The Labute approximate surface area is 254 Å². The van der Waals surface area contributed by atoms with Crippen LogP contribution in [0.5, 0.6) is 0 Å². The van der Waals surface area contributed by atoms with Gasteiger partial charge in [-0.2, -0.15) is 26.3 Å². The van der Waals surface area contributed by atoms with E-state index in [0.29, 0.717) is 9.75 Å². The fraction of sp³-hybridized carbons (Fsp3) is 0.143. The maximum atomic E-state index is 15.4. The van der Waals surface area contributed by atoms with Gasteiger partial charge in [0.2, 0.25) is 0 Å². The van der Waals surface area contributed by atoms with E-state index in [2.05, 4.69) is 0 Å². The topological polar surface area (TPSA) is 0 Å². The van der Waals surface area contributed by atoms with E-state index in [-0.39, 0.29) is 20.9 Å². The molecule has 0 atom stereocenters. The van der Waals surface area contributed by atoms with Gasteiger partial charge in [0.15, 0.2) is 0 Å². The molecule has 0 bridgehead atoms. The normalized spacial score (nSPS) is 17.9. The average molecular weight is 625 g/mol. The van der Waals surface area contributed by atoms with Crippen molar-refractivity contribution < 1.29 is 26.3 Å². The number of allylic oxidation sites excluding steroid dienone is 6. The molecule has 1 aliphatic rings. The van der Waals surface area contributed by atoms with E-state index in [1.54, 1.807) is 36.5 Å². The molecule has 2 aromatic carbocycles. The number of thiophene rings is 2. The Kier molecular flexibility index (Phi) is 8.54.